The largest absolute Gasteiger partial charge is 0.326 e. The summed E-state index contributed by atoms with van der Waals surface area (Å²) in [7, 11) is 0. The van der Waals surface area contributed by atoms with Gasteiger partial charge < -0.3 is 9.80 Å². The van der Waals surface area contributed by atoms with E-state index in [0.29, 0.717) is 6.54 Å². The highest BCUT2D eigenvalue weighted by molar-refractivity contribution is 6.03. The van der Waals surface area contributed by atoms with Crippen LogP contribution in [0.3, 0.4) is 0 Å². The average molecular weight is 426 g/mol. The van der Waals surface area contributed by atoms with Gasteiger partial charge in [0, 0.05) is 18.9 Å². The number of piperidine rings is 1. The molecule has 1 saturated carbocycles. The Bertz CT molecular complexity index is 826. The highest BCUT2D eigenvalue weighted by Gasteiger charge is 2.64. The van der Waals surface area contributed by atoms with Crippen LogP contribution < -0.4 is 9.80 Å². The molecule has 4 rings (SSSR count). The maximum absolute atomic E-state index is 13.1. The van der Waals surface area contributed by atoms with Crippen LogP contribution in [0.25, 0.3) is 6.08 Å². The minimum Gasteiger partial charge on any atom is -0.326 e. The van der Waals surface area contributed by atoms with E-state index < -0.39 is 0 Å². The monoisotopic (exact) mass is 425 g/mol. The minimum atomic E-state index is -0.374. The Kier molecular flexibility index (Phi) is 6.36. The molecular formula is C26H39N3O2+2. The predicted molar refractivity (Wildman–Crippen MR) is 123 cm³/mol. The molecule has 2 aliphatic heterocycles. The molecule has 5 nitrogen and oxygen atoms in total. The van der Waals surface area contributed by atoms with Crippen LogP contribution in [-0.2, 0) is 9.59 Å². The van der Waals surface area contributed by atoms with E-state index in [1.165, 1.54) is 31.7 Å². The number of nitrogens with zero attached hydrogens (tertiary/aromatic N) is 1. The lowest BCUT2D eigenvalue weighted by molar-refractivity contribution is -1.01. The Morgan fingerprint density at radius 2 is 1.71 bits per heavy atom. The topological polar surface area (TPSA) is 46.3 Å². The summed E-state index contributed by atoms with van der Waals surface area (Å²) >= 11 is 0. The lowest BCUT2D eigenvalue weighted by atomic mass is 9.62. The molecule has 168 valence electrons. The van der Waals surface area contributed by atoms with E-state index in [4.69, 9.17) is 0 Å². The van der Waals surface area contributed by atoms with Gasteiger partial charge in [0.2, 0.25) is 11.8 Å². The van der Waals surface area contributed by atoms with Gasteiger partial charge >= 0.3 is 0 Å². The summed E-state index contributed by atoms with van der Waals surface area (Å²) in [5.74, 6) is 0.170. The first-order valence-electron chi connectivity index (χ1n) is 12.1. The summed E-state index contributed by atoms with van der Waals surface area (Å²) < 4.78 is 0. The molecule has 3 aliphatic rings. The first kappa shape index (κ1) is 22.2. The van der Waals surface area contributed by atoms with Gasteiger partial charge in [-0.1, -0.05) is 57.2 Å². The molecule has 2 heterocycles. The minimum absolute atomic E-state index is 0.0126. The van der Waals surface area contributed by atoms with Crippen molar-refractivity contribution in [1.29, 1.82) is 0 Å². The number of amides is 2. The second-order valence-corrected chi connectivity index (χ2v) is 10.6. The molecule has 2 bridgehead atoms. The van der Waals surface area contributed by atoms with E-state index in [0.717, 1.165) is 32.4 Å². The van der Waals surface area contributed by atoms with Crippen molar-refractivity contribution >= 4 is 17.9 Å². The van der Waals surface area contributed by atoms with E-state index in [1.54, 1.807) is 14.7 Å². The average Bonchev–Trinajstić information content (AvgIpc) is 2.96. The third-order valence-corrected chi connectivity index (χ3v) is 8.60. The molecule has 2 saturated heterocycles. The van der Waals surface area contributed by atoms with Crippen LogP contribution in [0.5, 0.6) is 0 Å². The molecule has 0 radical (unpaired) electrons. The number of rotatable bonds is 7. The van der Waals surface area contributed by atoms with E-state index in [9.17, 15) is 9.59 Å². The smallest absolute Gasteiger partial charge is 0.235 e. The number of nitrogens with one attached hydrogen (secondary N) is 2. The molecule has 1 aromatic carbocycles. The second-order valence-electron chi connectivity index (χ2n) is 10.6. The summed E-state index contributed by atoms with van der Waals surface area (Å²) in [6.45, 7) is 13.7. The Morgan fingerprint density at radius 1 is 1.03 bits per heavy atom. The molecule has 2 amide bonds. The Morgan fingerprint density at radius 3 is 2.42 bits per heavy atom. The molecule has 2 unspecified atom stereocenters. The van der Waals surface area contributed by atoms with Crippen molar-refractivity contribution < 1.29 is 19.4 Å². The fourth-order valence-corrected chi connectivity index (χ4v) is 5.94. The van der Waals surface area contributed by atoms with Crippen LogP contribution in [-0.4, -0.2) is 62.5 Å². The number of carbonyl (C=O) groups is 2. The summed E-state index contributed by atoms with van der Waals surface area (Å²) in [5.41, 5.74) is 0.677. The van der Waals surface area contributed by atoms with Crippen LogP contribution in [0.2, 0.25) is 0 Å². The number of hydrogen-bond donors (Lipinski definition) is 2. The maximum Gasteiger partial charge on any atom is 0.235 e. The zero-order valence-corrected chi connectivity index (χ0v) is 19.5. The van der Waals surface area contributed by atoms with Gasteiger partial charge in [-0.15, -0.1) is 0 Å². The van der Waals surface area contributed by atoms with Crippen LogP contribution in [0.15, 0.2) is 36.4 Å². The normalized spacial score (nSPS) is 32.7. The molecule has 3 fully saturated rings. The number of fused-ring (bicyclic) bond motifs is 2. The highest BCUT2D eigenvalue weighted by Crippen LogP contribution is 2.59. The molecule has 2 N–H and O–H groups in total. The van der Waals surface area contributed by atoms with Crippen molar-refractivity contribution in [3.8, 4) is 0 Å². The number of hydrogen-bond acceptors (Lipinski definition) is 2. The van der Waals surface area contributed by atoms with Crippen LogP contribution in [0.4, 0.5) is 0 Å². The fraction of sp³-hybridized carbons (Fsp3) is 0.615. The van der Waals surface area contributed by atoms with Crippen LogP contribution >= 0.6 is 0 Å². The molecule has 5 heteroatoms. The first-order valence-corrected chi connectivity index (χ1v) is 12.1. The van der Waals surface area contributed by atoms with Gasteiger partial charge in [-0.05, 0) is 29.9 Å². The summed E-state index contributed by atoms with van der Waals surface area (Å²) in [4.78, 5) is 31.0. The van der Waals surface area contributed by atoms with Crippen molar-refractivity contribution in [1.82, 2.24) is 4.90 Å². The quantitative estimate of drug-likeness (QED) is 0.632. The van der Waals surface area contributed by atoms with Crippen LogP contribution in [0, 0.1) is 16.7 Å². The van der Waals surface area contributed by atoms with Crippen LogP contribution in [0.1, 0.15) is 45.6 Å². The number of piperazine rings is 1. The zero-order valence-electron chi connectivity index (χ0n) is 19.5. The van der Waals surface area contributed by atoms with E-state index in [-0.39, 0.29) is 28.6 Å². The van der Waals surface area contributed by atoms with Crippen molar-refractivity contribution in [2.75, 3.05) is 45.8 Å². The van der Waals surface area contributed by atoms with Gasteiger partial charge in [0.1, 0.15) is 26.2 Å². The fourth-order valence-electron chi connectivity index (χ4n) is 5.94. The van der Waals surface area contributed by atoms with Gasteiger partial charge in [-0.25, -0.2) is 0 Å². The lowest BCUT2D eigenvalue weighted by Gasteiger charge is -2.47. The second kappa shape index (κ2) is 8.87. The molecular weight excluding hydrogens is 386 g/mol. The Balaban J connectivity index is 1.20. The third-order valence-electron chi connectivity index (χ3n) is 8.60. The summed E-state index contributed by atoms with van der Waals surface area (Å²) in [5, 5.41) is 0. The Labute approximate surface area is 187 Å². The molecule has 0 aromatic heterocycles. The number of carbonyl (C=O) groups excluding carboxylic acids is 2. The maximum atomic E-state index is 13.1. The number of likely N-dealkylation sites (tertiary alicyclic amines) is 1. The van der Waals surface area contributed by atoms with E-state index >= 15 is 0 Å². The molecule has 2 atom stereocenters. The van der Waals surface area contributed by atoms with Crippen molar-refractivity contribution in [3.63, 3.8) is 0 Å². The van der Waals surface area contributed by atoms with Gasteiger partial charge in [0.15, 0.2) is 0 Å². The standard InChI is InChI=1S/C26H37N3O2/c1-25(2)22-12-13-26(25,3)24(31)29(23(22)30)16-8-15-28-19-17-27(18-20-28)14-7-11-21-9-5-4-6-10-21/h4-7,9-11,22H,8,12-20H2,1-3H3/p+2. The number of benzene rings is 1. The first-order chi connectivity index (χ1) is 14.8. The summed E-state index contributed by atoms with van der Waals surface area (Å²) in [6, 6.07) is 10.5. The van der Waals surface area contributed by atoms with Gasteiger partial charge in [-0.2, -0.15) is 0 Å². The third kappa shape index (κ3) is 4.22. The zero-order chi connectivity index (χ0) is 22.1. The Hall–Kier alpha value is -1.98. The molecule has 1 aromatic rings. The SMILES string of the molecule is CC12CCC(C(=O)N(CCC[NH+]3CC[NH+](CC=Cc4ccccc4)CC3)C1=O)C2(C)C. The number of imide groups is 1. The van der Waals surface area contributed by atoms with E-state index in [2.05, 4.69) is 57.2 Å². The van der Waals surface area contributed by atoms with Gasteiger partial charge in [0.25, 0.3) is 0 Å². The highest BCUT2D eigenvalue weighted by atomic mass is 16.2. The molecule has 31 heavy (non-hydrogen) atoms. The van der Waals surface area contributed by atoms with Gasteiger partial charge in [0.05, 0.1) is 18.5 Å². The van der Waals surface area contributed by atoms with Crippen molar-refractivity contribution in [3.05, 3.63) is 42.0 Å². The van der Waals surface area contributed by atoms with E-state index in [1.807, 2.05) is 6.07 Å². The molecule has 0 spiro atoms. The van der Waals surface area contributed by atoms with Gasteiger partial charge in [-0.3, -0.25) is 14.5 Å². The predicted octanol–water partition coefficient (Wildman–Crippen LogP) is 0.685. The van der Waals surface area contributed by atoms with Crippen molar-refractivity contribution in [2.24, 2.45) is 16.7 Å². The summed E-state index contributed by atoms with van der Waals surface area (Å²) in [6.07, 6.45) is 7.13. The lowest BCUT2D eigenvalue weighted by Crippen LogP contribution is -3.28. The number of quaternary nitrogens is 2. The molecule has 1 aliphatic carbocycles. The van der Waals surface area contributed by atoms with Crippen molar-refractivity contribution in [2.45, 2.75) is 40.0 Å².